The van der Waals surface area contributed by atoms with E-state index in [4.69, 9.17) is 4.74 Å². The van der Waals surface area contributed by atoms with Crippen molar-refractivity contribution >= 4 is 5.91 Å². The Labute approximate surface area is 135 Å². The lowest BCUT2D eigenvalue weighted by molar-refractivity contribution is 0.0732. The molecular weight excluding hydrogens is 294 g/mol. The smallest absolute Gasteiger partial charge is 0.274 e. The second kappa shape index (κ2) is 6.87. The van der Waals surface area contributed by atoms with Crippen molar-refractivity contribution in [1.82, 2.24) is 24.4 Å². The predicted molar refractivity (Wildman–Crippen MR) is 83.9 cm³/mol. The first-order chi connectivity index (χ1) is 11.1. The lowest BCUT2D eigenvalue weighted by atomic mass is 10.0. The lowest BCUT2D eigenvalue weighted by Gasteiger charge is -2.22. The third-order valence-electron chi connectivity index (χ3n) is 3.91. The fraction of sp³-hybridized carbons (Fsp3) is 0.500. The van der Waals surface area contributed by atoms with Crippen molar-refractivity contribution in [3.05, 3.63) is 42.0 Å². The molecule has 0 unspecified atom stereocenters. The van der Waals surface area contributed by atoms with Gasteiger partial charge < -0.3 is 14.2 Å². The van der Waals surface area contributed by atoms with Crippen LogP contribution in [0.2, 0.25) is 0 Å². The first kappa shape index (κ1) is 15.6. The molecule has 23 heavy (non-hydrogen) atoms. The molecule has 2 aromatic heterocycles. The maximum atomic E-state index is 12.6. The number of nitrogens with zero attached hydrogens (tertiary/aromatic N) is 5. The van der Waals surface area contributed by atoms with Crippen molar-refractivity contribution in [2.45, 2.75) is 13.3 Å². The Kier molecular flexibility index (Phi) is 4.66. The van der Waals surface area contributed by atoms with E-state index in [2.05, 4.69) is 15.0 Å². The highest BCUT2D eigenvalue weighted by molar-refractivity contribution is 5.92. The van der Waals surface area contributed by atoms with Crippen LogP contribution in [-0.4, -0.2) is 56.6 Å². The number of imidazole rings is 1. The molecule has 7 heteroatoms. The van der Waals surface area contributed by atoms with Crippen molar-refractivity contribution in [3.63, 3.8) is 0 Å². The number of amides is 1. The molecule has 0 saturated carbocycles. The van der Waals surface area contributed by atoms with Crippen molar-refractivity contribution < 1.29 is 9.53 Å². The minimum atomic E-state index is -0.0417. The van der Waals surface area contributed by atoms with E-state index in [1.807, 2.05) is 24.9 Å². The van der Waals surface area contributed by atoms with Crippen LogP contribution in [0.5, 0.6) is 0 Å². The highest BCUT2D eigenvalue weighted by Gasteiger charge is 2.25. The van der Waals surface area contributed by atoms with Crippen molar-refractivity contribution in [2.24, 2.45) is 13.0 Å². The van der Waals surface area contributed by atoms with Crippen molar-refractivity contribution in [2.75, 3.05) is 26.3 Å². The van der Waals surface area contributed by atoms with Gasteiger partial charge in [0.2, 0.25) is 0 Å². The van der Waals surface area contributed by atoms with Gasteiger partial charge in [0.15, 0.2) is 0 Å². The topological polar surface area (TPSA) is 73.1 Å². The third-order valence-corrected chi connectivity index (χ3v) is 3.91. The van der Waals surface area contributed by atoms with E-state index in [0.717, 1.165) is 17.8 Å². The zero-order chi connectivity index (χ0) is 16.2. The Balaban J connectivity index is 1.69. The molecule has 2 aromatic rings. The predicted octanol–water partition coefficient (Wildman–Crippen LogP) is 0.850. The molecule has 1 fully saturated rings. The van der Waals surface area contributed by atoms with Gasteiger partial charge in [-0.05, 0) is 19.4 Å². The summed E-state index contributed by atoms with van der Waals surface area (Å²) in [7, 11) is 1.86. The summed E-state index contributed by atoms with van der Waals surface area (Å²) in [5, 5.41) is 0. The fourth-order valence-electron chi connectivity index (χ4n) is 2.79. The monoisotopic (exact) mass is 315 g/mol. The van der Waals surface area contributed by atoms with Gasteiger partial charge in [0, 0.05) is 43.6 Å². The standard InChI is InChI=1S/C16H21N5O2/c1-12-5-14(18-10-17-12)6-13-7-21(3-4-23-9-13)16(22)15-8-20(2)11-19-15/h5,8,10-11,13H,3-4,6-7,9H2,1-2H3/t13-/m0/s1. The Hall–Kier alpha value is -2.28. The molecule has 7 nitrogen and oxygen atoms in total. The van der Waals surface area contributed by atoms with Gasteiger partial charge in [-0.3, -0.25) is 4.79 Å². The minimum Gasteiger partial charge on any atom is -0.379 e. The van der Waals surface area contributed by atoms with E-state index in [-0.39, 0.29) is 11.8 Å². The molecule has 0 bridgehead atoms. The highest BCUT2D eigenvalue weighted by Crippen LogP contribution is 2.15. The molecule has 1 aliphatic rings. The number of hydrogen-bond acceptors (Lipinski definition) is 5. The second-order valence-electron chi connectivity index (χ2n) is 5.97. The Bertz CT molecular complexity index is 685. The Morgan fingerprint density at radius 1 is 1.39 bits per heavy atom. The van der Waals surface area contributed by atoms with Gasteiger partial charge >= 0.3 is 0 Å². The maximum absolute atomic E-state index is 12.6. The van der Waals surface area contributed by atoms with E-state index in [0.29, 0.717) is 32.0 Å². The Morgan fingerprint density at radius 3 is 3.00 bits per heavy atom. The number of carbonyl (C=O) groups excluding carboxylic acids is 1. The van der Waals surface area contributed by atoms with Gasteiger partial charge in [-0.15, -0.1) is 0 Å². The van der Waals surface area contributed by atoms with Crippen LogP contribution in [0.25, 0.3) is 0 Å². The quantitative estimate of drug-likeness (QED) is 0.839. The molecule has 1 amide bonds. The van der Waals surface area contributed by atoms with Crippen LogP contribution in [0, 0.1) is 12.8 Å². The largest absolute Gasteiger partial charge is 0.379 e. The van der Waals surface area contributed by atoms with Gasteiger partial charge in [0.25, 0.3) is 5.91 Å². The van der Waals surface area contributed by atoms with E-state index < -0.39 is 0 Å². The van der Waals surface area contributed by atoms with Crippen molar-refractivity contribution in [3.8, 4) is 0 Å². The zero-order valence-corrected chi connectivity index (χ0v) is 13.5. The van der Waals surface area contributed by atoms with E-state index in [9.17, 15) is 4.79 Å². The number of aromatic nitrogens is 4. The van der Waals surface area contributed by atoms with E-state index in [1.54, 1.807) is 23.4 Å². The van der Waals surface area contributed by atoms with Gasteiger partial charge in [-0.25, -0.2) is 15.0 Å². The Morgan fingerprint density at radius 2 is 2.26 bits per heavy atom. The number of aryl methyl sites for hydroxylation is 2. The summed E-state index contributed by atoms with van der Waals surface area (Å²) in [6, 6.07) is 1.98. The number of rotatable bonds is 3. The van der Waals surface area contributed by atoms with Crippen LogP contribution >= 0.6 is 0 Å². The van der Waals surface area contributed by atoms with Crippen LogP contribution in [0.3, 0.4) is 0 Å². The van der Waals surface area contributed by atoms with Gasteiger partial charge in [0.05, 0.1) is 19.5 Å². The van der Waals surface area contributed by atoms with Crippen molar-refractivity contribution in [1.29, 1.82) is 0 Å². The molecule has 3 rings (SSSR count). The normalized spacial score (nSPS) is 18.7. The van der Waals surface area contributed by atoms with Gasteiger partial charge in [0.1, 0.15) is 12.0 Å². The maximum Gasteiger partial charge on any atom is 0.274 e. The second-order valence-corrected chi connectivity index (χ2v) is 5.97. The van der Waals surface area contributed by atoms with Crippen LogP contribution in [0.4, 0.5) is 0 Å². The van der Waals surface area contributed by atoms with Crippen LogP contribution in [0.1, 0.15) is 21.9 Å². The van der Waals surface area contributed by atoms with Gasteiger partial charge in [-0.2, -0.15) is 0 Å². The summed E-state index contributed by atoms with van der Waals surface area (Å²) in [4.78, 5) is 27.0. The first-order valence-electron chi connectivity index (χ1n) is 7.74. The zero-order valence-electron chi connectivity index (χ0n) is 13.5. The lowest BCUT2D eigenvalue weighted by Crippen LogP contribution is -2.36. The summed E-state index contributed by atoms with van der Waals surface area (Å²) in [5.74, 6) is 0.180. The third kappa shape index (κ3) is 3.92. The highest BCUT2D eigenvalue weighted by atomic mass is 16.5. The molecule has 0 aliphatic carbocycles. The number of hydrogen-bond donors (Lipinski definition) is 0. The number of ether oxygens (including phenoxy) is 1. The summed E-state index contributed by atoms with van der Waals surface area (Å²) in [5.41, 5.74) is 2.41. The molecule has 1 aliphatic heterocycles. The average molecular weight is 315 g/mol. The summed E-state index contributed by atoms with van der Waals surface area (Å²) < 4.78 is 7.45. The minimum absolute atomic E-state index is 0.0417. The molecule has 0 spiro atoms. The summed E-state index contributed by atoms with van der Waals surface area (Å²) >= 11 is 0. The molecular formula is C16H21N5O2. The fourth-order valence-corrected chi connectivity index (χ4v) is 2.79. The molecule has 0 N–H and O–H groups in total. The molecule has 1 atom stereocenters. The molecule has 1 saturated heterocycles. The molecule has 0 radical (unpaired) electrons. The molecule has 0 aromatic carbocycles. The summed E-state index contributed by atoms with van der Waals surface area (Å²) in [6.07, 6.45) is 5.74. The van der Waals surface area contributed by atoms with E-state index >= 15 is 0 Å². The van der Waals surface area contributed by atoms with Crippen LogP contribution < -0.4 is 0 Å². The first-order valence-corrected chi connectivity index (χ1v) is 7.74. The van der Waals surface area contributed by atoms with E-state index in [1.165, 1.54) is 0 Å². The number of carbonyl (C=O) groups is 1. The average Bonchev–Trinajstić information content (AvgIpc) is 2.82. The van der Waals surface area contributed by atoms with Gasteiger partial charge in [-0.1, -0.05) is 0 Å². The summed E-state index contributed by atoms with van der Waals surface area (Å²) in [6.45, 7) is 4.38. The SMILES string of the molecule is Cc1cc(C[C@@H]2COCCN(C(=O)c3cn(C)cn3)C2)ncn1. The molecule has 122 valence electrons. The molecule has 3 heterocycles. The van der Waals surface area contributed by atoms with Crippen LogP contribution in [0.15, 0.2) is 24.9 Å². The van der Waals surface area contributed by atoms with Crippen LogP contribution in [-0.2, 0) is 18.2 Å².